The van der Waals surface area contributed by atoms with Crippen LogP contribution in [-0.2, 0) is 6.42 Å². The van der Waals surface area contributed by atoms with Crippen LogP contribution in [0.5, 0.6) is 0 Å². The van der Waals surface area contributed by atoms with Crippen molar-refractivity contribution < 1.29 is 9.90 Å². The number of carbonyl (C=O) groups excluding carboxylic acids is 1. The first-order valence-corrected chi connectivity index (χ1v) is 7.83. The quantitative estimate of drug-likeness (QED) is 0.749. The standard InChI is InChI=1S/C16H25N3O2/c20-12-13(10-15-8-4-5-9-17-15)11-18-16(21)19-14-6-2-1-3-7-14/h4-5,8-9,13-14,20H,1-3,6-7,10-12H2,(H2,18,19,21). The summed E-state index contributed by atoms with van der Waals surface area (Å²) in [5, 5.41) is 15.3. The molecule has 1 unspecified atom stereocenters. The van der Waals surface area contributed by atoms with E-state index in [4.69, 9.17) is 0 Å². The van der Waals surface area contributed by atoms with Gasteiger partial charge in [0.15, 0.2) is 0 Å². The summed E-state index contributed by atoms with van der Waals surface area (Å²) in [6, 6.07) is 5.92. The summed E-state index contributed by atoms with van der Waals surface area (Å²) >= 11 is 0. The maximum absolute atomic E-state index is 11.9. The molecule has 1 fully saturated rings. The van der Waals surface area contributed by atoms with Crippen LogP contribution in [0.15, 0.2) is 24.4 Å². The maximum Gasteiger partial charge on any atom is 0.315 e. The van der Waals surface area contributed by atoms with Crippen LogP contribution in [0.2, 0.25) is 0 Å². The van der Waals surface area contributed by atoms with Gasteiger partial charge < -0.3 is 15.7 Å². The van der Waals surface area contributed by atoms with Crippen molar-refractivity contribution in [3.63, 3.8) is 0 Å². The third-order valence-electron chi connectivity index (χ3n) is 3.97. The number of aliphatic hydroxyl groups is 1. The van der Waals surface area contributed by atoms with Crippen molar-refractivity contribution in [2.75, 3.05) is 13.2 Å². The third-order valence-corrected chi connectivity index (χ3v) is 3.97. The number of amides is 2. The van der Waals surface area contributed by atoms with Crippen molar-refractivity contribution in [2.24, 2.45) is 5.92 Å². The molecule has 1 atom stereocenters. The van der Waals surface area contributed by atoms with Gasteiger partial charge in [-0.2, -0.15) is 0 Å². The summed E-state index contributed by atoms with van der Waals surface area (Å²) in [7, 11) is 0. The number of nitrogens with zero attached hydrogens (tertiary/aromatic N) is 1. The fourth-order valence-electron chi connectivity index (χ4n) is 2.74. The van der Waals surface area contributed by atoms with Crippen LogP contribution in [0, 0.1) is 5.92 Å². The third kappa shape index (κ3) is 5.71. The Labute approximate surface area is 126 Å². The number of aromatic nitrogens is 1. The van der Waals surface area contributed by atoms with Crippen molar-refractivity contribution in [1.82, 2.24) is 15.6 Å². The van der Waals surface area contributed by atoms with E-state index in [9.17, 15) is 9.90 Å². The zero-order chi connectivity index (χ0) is 14.9. The lowest BCUT2D eigenvalue weighted by atomic mass is 9.96. The summed E-state index contributed by atoms with van der Waals surface area (Å²) in [4.78, 5) is 16.1. The van der Waals surface area contributed by atoms with Gasteiger partial charge in [-0.25, -0.2) is 4.79 Å². The van der Waals surface area contributed by atoms with Crippen LogP contribution in [0.3, 0.4) is 0 Å². The molecule has 1 heterocycles. The predicted octanol–water partition coefficient (Wildman–Crippen LogP) is 1.86. The lowest BCUT2D eigenvalue weighted by Crippen LogP contribution is -2.44. The molecular weight excluding hydrogens is 266 g/mol. The average Bonchev–Trinajstić information content (AvgIpc) is 2.53. The number of nitrogens with one attached hydrogen (secondary N) is 2. The Morgan fingerprint density at radius 1 is 1.33 bits per heavy atom. The molecule has 3 N–H and O–H groups in total. The molecule has 5 heteroatoms. The maximum atomic E-state index is 11.9. The molecular formula is C16H25N3O2. The lowest BCUT2D eigenvalue weighted by Gasteiger charge is -2.23. The van der Waals surface area contributed by atoms with Gasteiger partial charge in [0.1, 0.15) is 0 Å². The van der Waals surface area contributed by atoms with Gasteiger partial charge in [0.05, 0.1) is 0 Å². The van der Waals surface area contributed by atoms with Gasteiger partial charge in [-0.3, -0.25) is 4.98 Å². The Kier molecular flexibility index (Phi) is 6.47. The summed E-state index contributed by atoms with van der Waals surface area (Å²) in [6.45, 7) is 0.506. The molecule has 1 aromatic heterocycles. The summed E-state index contributed by atoms with van der Waals surface area (Å²) in [5.74, 6) is -0.00277. The van der Waals surface area contributed by atoms with Gasteiger partial charge in [0.25, 0.3) is 0 Å². The average molecular weight is 291 g/mol. The first-order valence-electron chi connectivity index (χ1n) is 7.83. The Bertz CT molecular complexity index is 419. The molecule has 21 heavy (non-hydrogen) atoms. The summed E-state index contributed by atoms with van der Waals surface area (Å²) in [5.41, 5.74) is 0.936. The normalized spacial score (nSPS) is 17.2. The van der Waals surface area contributed by atoms with E-state index < -0.39 is 0 Å². The minimum atomic E-state index is -0.124. The van der Waals surface area contributed by atoms with Crippen LogP contribution >= 0.6 is 0 Å². The Morgan fingerprint density at radius 2 is 2.14 bits per heavy atom. The Morgan fingerprint density at radius 3 is 2.81 bits per heavy atom. The van der Waals surface area contributed by atoms with E-state index in [0.29, 0.717) is 19.0 Å². The number of rotatable bonds is 6. The monoisotopic (exact) mass is 291 g/mol. The topological polar surface area (TPSA) is 74.2 Å². The number of carbonyl (C=O) groups is 1. The fourth-order valence-corrected chi connectivity index (χ4v) is 2.74. The number of pyridine rings is 1. The van der Waals surface area contributed by atoms with E-state index >= 15 is 0 Å². The first-order chi connectivity index (χ1) is 10.3. The van der Waals surface area contributed by atoms with E-state index in [0.717, 1.165) is 18.5 Å². The van der Waals surface area contributed by atoms with Crippen molar-refractivity contribution in [2.45, 2.75) is 44.6 Å². The van der Waals surface area contributed by atoms with Gasteiger partial charge in [-0.1, -0.05) is 25.3 Å². The lowest BCUT2D eigenvalue weighted by molar-refractivity contribution is 0.210. The van der Waals surface area contributed by atoms with Gasteiger partial charge in [-0.05, 0) is 31.4 Å². The SMILES string of the molecule is O=C(NCC(CO)Cc1ccccn1)NC1CCCCC1. The van der Waals surface area contributed by atoms with Crippen LogP contribution < -0.4 is 10.6 Å². The van der Waals surface area contributed by atoms with E-state index in [1.54, 1.807) is 6.20 Å². The minimum Gasteiger partial charge on any atom is -0.396 e. The van der Waals surface area contributed by atoms with Gasteiger partial charge in [-0.15, -0.1) is 0 Å². The largest absolute Gasteiger partial charge is 0.396 e. The molecule has 0 spiro atoms. The molecule has 5 nitrogen and oxygen atoms in total. The highest BCUT2D eigenvalue weighted by Gasteiger charge is 2.16. The van der Waals surface area contributed by atoms with Crippen molar-refractivity contribution >= 4 is 6.03 Å². The van der Waals surface area contributed by atoms with Crippen molar-refractivity contribution in [3.8, 4) is 0 Å². The van der Waals surface area contributed by atoms with Gasteiger partial charge in [0, 0.05) is 37.0 Å². The molecule has 0 saturated heterocycles. The molecule has 1 aliphatic rings. The fraction of sp³-hybridized carbons (Fsp3) is 0.625. The minimum absolute atomic E-state index is 0.00277. The van der Waals surface area contributed by atoms with Crippen molar-refractivity contribution in [3.05, 3.63) is 30.1 Å². The molecule has 1 aliphatic carbocycles. The van der Waals surface area contributed by atoms with Crippen molar-refractivity contribution in [1.29, 1.82) is 0 Å². The van der Waals surface area contributed by atoms with Crippen LogP contribution in [-0.4, -0.2) is 35.3 Å². The molecule has 1 aromatic rings. The molecule has 0 aromatic carbocycles. The second-order valence-electron chi connectivity index (χ2n) is 5.76. The molecule has 2 rings (SSSR count). The number of urea groups is 1. The molecule has 116 valence electrons. The van der Waals surface area contributed by atoms with Gasteiger partial charge in [0.2, 0.25) is 0 Å². The predicted molar refractivity (Wildman–Crippen MR) is 81.9 cm³/mol. The molecule has 1 saturated carbocycles. The van der Waals surface area contributed by atoms with Crippen LogP contribution in [0.4, 0.5) is 4.79 Å². The Balaban J connectivity index is 1.70. The zero-order valence-electron chi connectivity index (χ0n) is 12.4. The zero-order valence-corrected chi connectivity index (χ0v) is 12.4. The van der Waals surface area contributed by atoms with E-state index in [2.05, 4.69) is 15.6 Å². The number of aliphatic hydroxyl groups excluding tert-OH is 1. The van der Waals surface area contributed by atoms with Crippen LogP contribution in [0.25, 0.3) is 0 Å². The first kappa shape index (κ1) is 15.8. The second kappa shape index (κ2) is 8.62. The van der Waals surface area contributed by atoms with E-state index in [1.165, 1.54) is 19.3 Å². The molecule has 2 amide bonds. The second-order valence-corrected chi connectivity index (χ2v) is 5.76. The summed E-state index contributed by atoms with van der Waals surface area (Å²) in [6.07, 6.45) is 8.23. The highest BCUT2D eigenvalue weighted by Crippen LogP contribution is 2.17. The number of hydrogen-bond donors (Lipinski definition) is 3. The smallest absolute Gasteiger partial charge is 0.315 e. The molecule has 0 aliphatic heterocycles. The van der Waals surface area contributed by atoms with E-state index in [-0.39, 0.29) is 18.6 Å². The summed E-state index contributed by atoms with van der Waals surface area (Å²) < 4.78 is 0. The Hall–Kier alpha value is -1.62. The van der Waals surface area contributed by atoms with Crippen LogP contribution in [0.1, 0.15) is 37.8 Å². The molecule has 0 bridgehead atoms. The van der Waals surface area contributed by atoms with E-state index in [1.807, 2.05) is 18.2 Å². The molecule has 0 radical (unpaired) electrons. The van der Waals surface area contributed by atoms with Gasteiger partial charge >= 0.3 is 6.03 Å². The highest BCUT2D eigenvalue weighted by atomic mass is 16.3. The highest BCUT2D eigenvalue weighted by molar-refractivity contribution is 5.74. The number of hydrogen-bond acceptors (Lipinski definition) is 3.